The van der Waals surface area contributed by atoms with E-state index < -0.39 is 0 Å². The Morgan fingerprint density at radius 1 is 1.41 bits per heavy atom. The number of rotatable bonds is 5. The van der Waals surface area contributed by atoms with E-state index in [0.29, 0.717) is 0 Å². The Kier molecular flexibility index (Phi) is 4.23. The second-order valence-electron chi connectivity index (χ2n) is 4.93. The Morgan fingerprint density at radius 2 is 2.18 bits per heavy atom. The second kappa shape index (κ2) is 5.51. The summed E-state index contributed by atoms with van der Waals surface area (Å²) in [6.45, 7) is 3.99. The van der Waals surface area contributed by atoms with E-state index in [1.807, 2.05) is 7.11 Å². The number of methoxy groups -OCH3 is 1. The van der Waals surface area contributed by atoms with Crippen LogP contribution in [0.3, 0.4) is 0 Å². The van der Waals surface area contributed by atoms with E-state index in [1.54, 1.807) is 0 Å². The predicted octanol–water partition coefficient (Wildman–Crippen LogP) is 3.42. The van der Waals surface area contributed by atoms with Crippen LogP contribution in [0, 0.1) is 6.92 Å². The Labute approximate surface area is 112 Å². The van der Waals surface area contributed by atoms with Gasteiger partial charge in [-0.25, -0.2) is 0 Å². The zero-order valence-electron chi connectivity index (χ0n) is 10.6. The number of nitrogens with one attached hydrogen (secondary N) is 1. The molecular formula is C14H20BrNO. The van der Waals surface area contributed by atoms with Crippen LogP contribution in [0.4, 0.5) is 0 Å². The van der Waals surface area contributed by atoms with Crippen molar-refractivity contribution >= 4 is 15.9 Å². The maximum Gasteiger partial charge on any atom is 0.0802 e. The monoisotopic (exact) mass is 297 g/mol. The Hall–Kier alpha value is -0.380. The quantitative estimate of drug-likeness (QED) is 0.899. The summed E-state index contributed by atoms with van der Waals surface area (Å²) in [6.07, 6.45) is 3.68. The Bertz CT molecular complexity index is 382. The molecule has 0 saturated heterocycles. The van der Waals surface area contributed by atoms with Gasteiger partial charge in [0.1, 0.15) is 0 Å². The van der Waals surface area contributed by atoms with Gasteiger partial charge in [0.15, 0.2) is 0 Å². The lowest BCUT2D eigenvalue weighted by Gasteiger charge is -2.40. The highest BCUT2D eigenvalue weighted by Crippen LogP contribution is 2.34. The largest absolute Gasteiger partial charge is 0.377 e. The topological polar surface area (TPSA) is 21.3 Å². The molecule has 1 fully saturated rings. The molecule has 0 spiro atoms. The van der Waals surface area contributed by atoms with Crippen molar-refractivity contribution in [2.75, 3.05) is 13.7 Å². The summed E-state index contributed by atoms with van der Waals surface area (Å²) in [4.78, 5) is 0. The number of hydrogen-bond donors (Lipinski definition) is 1. The first-order valence-electron chi connectivity index (χ1n) is 6.16. The van der Waals surface area contributed by atoms with Crippen LogP contribution in [0.5, 0.6) is 0 Å². The molecule has 2 rings (SSSR count). The zero-order chi connectivity index (χ0) is 12.3. The van der Waals surface area contributed by atoms with E-state index in [0.717, 1.165) is 13.1 Å². The fraction of sp³-hybridized carbons (Fsp3) is 0.571. The van der Waals surface area contributed by atoms with Crippen LogP contribution in [0.1, 0.15) is 30.4 Å². The molecule has 1 aromatic carbocycles. The molecule has 1 saturated carbocycles. The van der Waals surface area contributed by atoms with Crippen LogP contribution < -0.4 is 5.32 Å². The number of aryl methyl sites for hydroxylation is 1. The minimum atomic E-state index is 0.115. The van der Waals surface area contributed by atoms with Crippen molar-refractivity contribution in [2.45, 2.75) is 38.3 Å². The van der Waals surface area contributed by atoms with Gasteiger partial charge in [0.05, 0.1) is 5.60 Å². The van der Waals surface area contributed by atoms with E-state index in [9.17, 15) is 0 Å². The third-order valence-electron chi connectivity index (χ3n) is 3.70. The average molecular weight is 298 g/mol. The third kappa shape index (κ3) is 3.09. The fourth-order valence-electron chi connectivity index (χ4n) is 2.28. The number of halogens is 1. The molecule has 1 aliphatic rings. The van der Waals surface area contributed by atoms with Gasteiger partial charge < -0.3 is 10.1 Å². The molecule has 1 aromatic rings. The summed E-state index contributed by atoms with van der Waals surface area (Å²) in [5, 5.41) is 3.50. The molecule has 2 nitrogen and oxygen atoms in total. The summed E-state index contributed by atoms with van der Waals surface area (Å²) in [6, 6.07) is 6.49. The normalized spacial score (nSPS) is 17.8. The van der Waals surface area contributed by atoms with Crippen LogP contribution in [-0.4, -0.2) is 19.3 Å². The van der Waals surface area contributed by atoms with Crippen molar-refractivity contribution in [2.24, 2.45) is 0 Å². The first-order chi connectivity index (χ1) is 8.15. The molecule has 0 heterocycles. The molecule has 94 valence electrons. The Balaban J connectivity index is 1.83. The van der Waals surface area contributed by atoms with Gasteiger partial charge in [-0.1, -0.05) is 28.1 Å². The van der Waals surface area contributed by atoms with Crippen LogP contribution in [0.25, 0.3) is 0 Å². The molecule has 0 radical (unpaired) electrons. The summed E-state index contributed by atoms with van der Waals surface area (Å²) in [5.74, 6) is 0. The molecular weight excluding hydrogens is 278 g/mol. The molecule has 0 bridgehead atoms. The van der Waals surface area contributed by atoms with Crippen molar-refractivity contribution in [1.29, 1.82) is 0 Å². The Morgan fingerprint density at radius 3 is 2.71 bits per heavy atom. The third-order valence-corrected chi connectivity index (χ3v) is 4.59. The molecule has 0 aliphatic heterocycles. The smallest absolute Gasteiger partial charge is 0.0802 e. The van der Waals surface area contributed by atoms with E-state index in [-0.39, 0.29) is 5.60 Å². The summed E-state index contributed by atoms with van der Waals surface area (Å²) < 4.78 is 6.76. The van der Waals surface area contributed by atoms with Gasteiger partial charge >= 0.3 is 0 Å². The molecule has 3 heteroatoms. The molecule has 0 atom stereocenters. The van der Waals surface area contributed by atoms with Crippen molar-refractivity contribution in [1.82, 2.24) is 5.32 Å². The van der Waals surface area contributed by atoms with Crippen molar-refractivity contribution in [3.63, 3.8) is 0 Å². The van der Waals surface area contributed by atoms with Gasteiger partial charge in [0.2, 0.25) is 0 Å². The highest BCUT2D eigenvalue weighted by atomic mass is 79.9. The van der Waals surface area contributed by atoms with E-state index in [2.05, 4.69) is 46.4 Å². The highest BCUT2D eigenvalue weighted by molar-refractivity contribution is 9.10. The first-order valence-corrected chi connectivity index (χ1v) is 6.95. The lowest BCUT2D eigenvalue weighted by atomic mass is 9.80. The van der Waals surface area contributed by atoms with Gasteiger partial charge in [-0.2, -0.15) is 0 Å². The standard InChI is InChI=1S/C14H20BrNO/c1-11-8-12(4-5-13(11)15)9-16-10-14(17-2)6-3-7-14/h4-5,8,16H,3,6-7,9-10H2,1-2H3. The first kappa shape index (κ1) is 13.1. The second-order valence-corrected chi connectivity index (χ2v) is 5.78. The maximum atomic E-state index is 5.58. The van der Waals surface area contributed by atoms with Gasteiger partial charge in [0, 0.05) is 24.7 Å². The fourth-order valence-corrected chi connectivity index (χ4v) is 2.52. The van der Waals surface area contributed by atoms with Crippen LogP contribution in [0.15, 0.2) is 22.7 Å². The van der Waals surface area contributed by atoms with Crippen LogP contribution in [0.2, 0.25) is 0 Å². The number of benzene rings is 1. The van der Waals surface area contributed by atoms with Crippen molar-refractivity contribution in [3.05, 3.63) is 33.8 Å². The van der Waals surface area contributed by atoms with E-state index in [1.165, 1.54) is 34.9 Å². The molecule has 0 aromatic heterocycles. The molecule has 0 amide bonds. The van der Waals surface area contributed by atoms with Crippen molar-refractivity contribution < 1.29 is 4.74 Å². The SMILES string of the molecule is COC1(CNCc2ccc(Br)c(C)c2)CCC1. The molecule has 0 unspecified atom stereocenters. The minimum absolute atomic E-state index is 0.115. The van der Waals surface area contributed by atoms with Crippen molar-refractivity contribution in [3.8, 4) is 0 Å². The number of hydrogen-bond acceptors (Lipinski definition) is 2. The predicted molar refractivity (Wildman–Crippen MR) is 74.2 cm³/mol. The molecule has 1 aliphatic carbocycles. The zero-order valence-corrected chi connectivity index (χ0v) is 12.1. The van der Waals surface area contributed by atoms with E-state index in [4.69, 9.17) is 4.74 Å². The lowest BCUT2D eigenvalue weighted by Crippen LogP contribution is -2.47. The van der Waals surface area contributed by atoms with Crippen LogP contribution >= 0.6 is 15.9 Å². The number of ether oxygens (including phenoxy) is 1. The van der Waals surface area contributed by atoms with Gasteiger partial charge in [0.25, 0.3) is 0 Å². The highest BCUT2D eigenvalue weighted by Gasteiger charge is 2.36. The lowest BCUT2D eigenvalue weighted by molar-refractivity contribution is -0.0695. The average Bonchev–Trinajstić information content (AvgIpc) is 2.27. The van der Waals surface area contributed by atoms with E-state index >= 15 is 0 Å². The summed E-state index contributed by atoms with van der Waals surface area (Å²) >= 11 is 3.52. The summed E-state index contributed by atoms with van der Waals surface area (Å²) in [5.41, 5.74) is 2.73. The summed E-state index contributed by atoms with van der Waals surface area (Å²) in [7, 11) is 1.82. The maximum absolute atomic E-state index is 5.58. The van der Waals surface area contributed by atoms with Gasteiger partial charge in [-0.15, -0.1) is 0 Å². The van der Waals surface area contributed by atoms with Gasteiger partial charge in [-0.05, 0) is 43.4 Å². The molecule has 1 N–H and O–H groups in total. The minimum Gasteiger partial charge on any atom is -0.377 e. The van der Waals surface area contributed by atoms with Gasteiger partial charge in [-0.3, -0.25) is 0 Å². The molecule has 17 heavy (non-hydrogen) atoms. The van der Waals surface area contributed by atoms with Crippen LogP contribution in [-0.2, 0) is 11.3 Å².